The summed E-state index contributed by atoms with van der Waals surface area (Å²) in [5, 5.41) is 6.28. The number of ether oxygens (including phenoxy) is 1. The molecule has 0 spiro atoms. The number of hydrogen-bond acceptors (Lipinski definition) is 3. The largest absolute Gasteiger partial charge is 0.466 e. The van der Waals surface area contributed by atoms with Crippen molar-refractivity contribution in [1.82, 2.24) is 10.6 Å². The average molecular weight is 359 g/mol. The first-order valence-corrected chi connectivity index (χ1v) is 6.95. The van der Waals surface area contributed by atoms with Crippen molar-refractivity contribution in [2.24, 2.45) is 0 Å². The Morgan fingerprint density at radius 2 is 2.20 bits per heavy atom. The first kappa shape index (κ1) is 14.9. The summed E-state index contributed by atoms with van der Waals surface area (Å²) in [5.41, 5.74) is 1.74. The first-order valence-electron chi connectivity index (χ1n) is 5.75. The molecule has 106 valence electrons. The van der Waals surface area contributed by atoms with Crippen molar-refractivity contribution in [1.29, 1.82) is 0 Å². The fourth-order valence-electron chi connectivity index (χ4n) is 2.02. The quantitative estimate of drug-likeness (QED) is 0.628. The number of halogens is 2. The van der Waals surface area contributed by atoms with E-state index in [1.165, 1.54) is 13.2 Å². The molecular formula is C13H12BrFN2O2S. The number of carbonyl (C=O) groups excluding carboxylic acids is 1. The summed E-state index contributed by atoms with van der Waals surface area (Å²) in [5.74, 6) is -0.832. The number of methoxy groups -OCH3 is 1. The maximum absolute atomic E-state index is 13.3. The lowest BCUT2D eigenvalue weighted by Crippen LogP contribution is -2.45. The third-order valence-corrected chi connectivity index (χ3v) is 3.78. The normalized spacial score (nSPS) is 18.4. The van der Waals surface area contributed by atoms with E-state index in [0.29, 0.717) is 26.4 Å². The van der Waals surface area contributed by atoms with Gasteiger partial charge >= 0.3 is 5.97 Å². The highest BCUT2D eigenvalue weighted by molar-refractivity contribution is 9.10. The van der Waals surface area contributed by atoms with Crippen LogP contribution in [0, 0.1) is 5.82 Å². The third kappa shape index (κ3) is 2.83. The summed E-state index contributed by atoms with van der Waals surface area (Å²) in [6.07, 6.45) is 0. The molecule has 1 unspecified atom stereocenters. The maximum Gasteiger partial charge on any atom is 0.337 e. The molecule has 0 aromatic heterocycles. The van der Waals surface area contributed by atoms with Crippen LogP contribution in [0.15, 0.2) is 33.9 Å². The molecule has 1 atom stereocenters. The molecule has 0 bridgehead atoms. The van der Waals surface area contributed by atoms with Crippen molar-refractivity contribution >= 4 is 39.2 Å². The van der Waals surface area contributed by atoms with Crippen LogP contribution in [-0.4, -0.2) is 18.2 Å². The summed E-state index contributed by atoms with van der Waals surface area (Å²) < 4.78 is 18.4. The maximum atomic E-state index is 13.3. The number of allylic oxidation sites excluding steroid dienone is 1. The number of thiocarbonyl (C=S) groups is 1. The zero-order valence-electron chi connectivity index (χ0n) is 10.8. The molecule has 1 aromatic carbocycles. The fourth-order valence-corrected chi connectivity index (χ4v) is 2.68. The number of nitrogens with one attached hydrogen (secondary N) is 2. The summed E-state index contributed by atoms with van der Waals surface area (Å²) in [6, 6.07) is 4.06. The van der Waals surface area contributed by atoms with Crippen molar-refractivity contribution in [3.63, 3.8) is 0 Å². The number of hydrogen-bond donors (Lipinski definition) is 2. The average Bonchev–Trinajstić information content (AvgIpc) is 2.40. The SMILES string of the molecule is COC(=O)C1=C(C)NC(=S)NC1c1ccc(F)c(Br)c1. The lowest BCUT2D eigenvalue weighted by atomic mass is 9.96. The topological polar surface area (TPSA) is 50.4 Å². The van der Waals surface area contributed by atoms with E-state index in [0.717, 1.165) is 0 Å². The summed E-state index contributed by atoms with van der Waals surface area (Å²) in [6.45, 7) is 1.74. The molecule has 0 saturated heterocycles. The second kappa shape index (κ2) is 5.88. The van der Waals surface area contributed by atoms with Gasteiger partial charge in [-0.1, -0.05) is 6.07 Å². The van der Waals surface area contributed by atoms with Crippen LogP contribution in [0.3, 0.4) is 0 Å². The molecule has 0 fully saturated rings. The highest BCUT2D eigenvalue weighted by Crippen LogP contribution is 2.29. The van der Waals surface area contributed by atoms with Gasteiger partial charge in [-0.05, 0) is 52.8 Å². The fraction of sp³-hybridized carbons (Fsp3) is 0.231. The molecule has 1 aliphatic heterocycles. The van der Waals surface area contributed by atoms with Crippen LogP contribution >= 0.6 is 28.1 Å². The summed E-state index contributed by atoms with van der Waals surface area (Å²) in [4.78, 5) is 11.9. The smallest absolute Gasteiger partial charge is 0.337 e. The van der Waals surface area contributed by atoms with Gasteiger partial charge < -0.3 is 15.4 Å². The van der Waals surface area contributed by atoms with Crippen molar-refractivity contribution < 1.29 is 13.9 Å². The van der Waals surface area contributed by atoms with Crippen LogP contribution in [0.25, 0.3) is 0 Å². The van der Waals surface area contributed by atoms with Crippen LogP contribution in [0.4, 0.5) is 4.39 Å². The third-order valence-electron chi connectivity index (χ3n) is 2.95. The molecule has 2 N–H and O–H groups in total. The van der Waals surface area contributed by atoms with Gasteiger partial charge in [0.1, 0.15) is 5.82 Å². The van der Waals surface area contributed by atoms with E-state index in [9.17, 15) is 9.18 Å². The van der Waals surface area contributed by atoms with E-state index < -0.39 is 12.0 Å². The second-order valence-electron chi connectivity index (χ2n) is 4.24. The Morgan fingerprint density at radius 1 is 1.50 bits per heavy atom. The Kier molecular flexibility index (Phi) is 4.39. The number of carbonyl (C=O) groups is 1. The molecule has 20 heavy (non-hydrogen) atoms. The van der Waals surface area contributed by atoms with Gasteiger partial charge in [0.15, 0.2) is 5.11 Å². The van der Waals surface area contributed by atoms with Crippen LogP contribution in [-0.2, 0) is 9.53 Å². The van der Waals surface area contributed by atoms with Gasteiger partial charge in [-0.15, -0.1) is 0 Å². The number of benzene rings is 1. The Balaban J connectivity index is 2.50. The van der Waals surface area contributed by atoms with E-state index in [-0.39, 0.29) is 5.82 Å². The van der Waals surface area contributed by atoms with Crippen LogP contribution in [0.2, 0.25) is 0 Å². The Morgan fingerprint density at radius 3 is 2.80 bits per heavy atom. The Hall–Kier alpha value is -1.47. The predicted molar refractivity (Wildman–Crippen MR) is 80.4 cm³/mol. The van der Waals surface area contributed by atoms with Gasteiger partial charge in [-0.3, -0.25) is 0 Å². The lowest BCUT2D eigenvalue weighted by molar-refractivity contribution is -0.136. The van der Waals surface area contributed by atoms with Crippen molar-refractivity contribution in [2.45, 2.75) is 13.0 Å². The van der Waals surface area contributed by atoms with Crippen LogP contribution < -0.4 is 10.6 Å². The van der Waals surface area contributed by atoms with Gasteiger partial charge in [0, 0.05) is 5.70 Å². The van der Waals surface area contributed by atoms with Gasteiger partial charge in [0.25, 0.3) is 0 Å². The molecular weight excluding hydrogens is 347 g/mol. The van der Waals surface area contributed by atoms with Gasteiger partial charge in [0.05, 0.1) is 23.2 Å². The van der Waals surface area contributed by atoms with Crippen molar-refractivity contribution in [2.75, 3.05) is 7.11 Å². The van der Waals surface area contributed by atoms with Crippen molar-refractivity contribution in [3.8, 4) is 0 Å². The predicted octanol–water partition coefficient (Wildman–Crippen LogP) is 2.55. The first-order chi connectivity index (χ1) is 9.43. The van der Waals surface area contributed by atoms with E-state index in [4.69, 9.17) is 17.0 Å². The molecule has 0 radical (unpaired) electrons. The minimum Gasteiger partial charge on any atom is -0.466 e. The molecule has 1 aromatic rings. The molecule has 1 aliphatic rings. The van der Waals surface area contributed by atoms with Crippen LogP contribution in [0.1, 0.15) is 18.5 Å². The van der Waals surface area contributed by atoms with E-state index >= 15 is 0 Å². The highest BCUT2D eigenvalue weighted by Gasteiger charge is 2.30. The zero-order chi connectivity index (χ0) is 14.9. The van der Waals surface area contributed by atoms with E-state index in [1.54, 1.807) is 19.1 Å². The molecule has 7 heteroatoms. The summed E-state index contributed by atoms with van der Waals surface area (Å²) >= 11 is 8.23. The highest BCUT2D eigenvalue weighted by atomic mass is 79.9. The molecule has 2 rings (SSSR count). The molecule has 0 aliphatic carbocycles. The standard InChI is InChI=1S/C13H12BrFN2O2S/c1-6-10(12(18)19-2)11(17-13(20)16-6)7-3-4-9(15)8(14)5-7/h3-5,11H,1-2H3,(H2,16,17,20). The zero-order valence-corrected chi connectivity index (χ0v) is 13.2. The number of esters is 1. The molecule has 1 heterocycles. The van der Waals surface area contributed by atoms with E-state index in [2.05, 4.69) is 26.6 Å². The Bertz CT molecular complexity index is 618. The monoisotopic (exact) mass is 358 g/mol. The minimum absolute atomic E-state index is 0.322. The van der Waals surface area contributed by atoms with Gasteiger partial charge in [-0.25, -0.2) is 9.18 Å². The summed E-state index contributed by atoms with van der Waals surface area (Å²) in [7, 11) is 1.31. The molecule has 4 nitrogen and oxygen atoms in total. The molecule has 0 saturated carbocycles. The second-order valence-corrected chi connectivity index (χ2v) is 5.50. The number of rotatable bonds is 2. The minimum atomic E-state index is -0.479. The lowest BCUT2D eigenvalue weighted by Gasteiger charge is -2.29. The van der Waals surface area contributed by atoms with Gasteiger partial charge in [-0.2, -0.15) is 0 Å². The van der Waals surface area contributed by atoms with E-state index in [1.807, 2.05) is 0 Å². The Labute approximate surface area is 129 Å². The van der Waals surface area contributed by atoms with Gasteiger partial charge in [0.2, 0.25) is 0 Å². The van der Waals surface area contributed by atoms with Crippen LogP contribution in [0.5, 0.6) is 0 Å². The van der Waals surface area contributed by atoms with Crippen molar-refractivity contribution in [3.05, 3.63) is 45.3 Å². The molecule has 0 amide bonds.